The van der Waals surface area contributed by atoms with Crippen LogP contribution in [0.3, 0.4) is 0 Å². The first-order valence-corrected chi connectivity index (χ1v) is 8.03. The number of ether oxygens (including phenoxy) is 1. The van der Waals surface area contributed by atoms with Crippen LogP contribution in [0.15, 0.2) is 42.5 Å². The van der Waals surface area contributed by atoms with E-state index < -0.39 is 11.9 Å². The Kier molecular flexibility index (Phi) is 5.80. The fraction of sp³-hybridized carbons (Fsp3) is 0.350. The zero-order valence-electron chi connectivity index (χ0n) is 14.0. The van der Waals surface area contributed by atoms with Gasteiger partial charge in [0.25, 0.3) is 0 Å². The van der Waals surface area contributed by atoms with E-state index in [2.05, 4.69) is 6.92 Å². The quantitative estimate of drug-likeness (QED) is 0.818. The Labute approximate surface area is 137 Å². The van der Waals surface area contributed by atoms with Crippen LogP contribution in [0.1, 0.15) is 41.5 Å². The second-order valence-electron chi connectivity index (χ2n) is 5.95. The van der Waals surface area contributed by atoms with Gasteiger partial charge in [-0.05, 0) is 55.5 Å². The summed E-state index contributed by atoms with van der Waals surface area (Å²) in [4.78, 5) is 11.8. The molecule has 3 nitrogen and oxygen atoms in total. The molecule has 2 aromatic rings. The fourth-order valence-corrected chi connectivity index (χ4v) is 2.76. The minimum Gasteiger partial charge on any atom is -0.494 e. The second kappa shape index (κ2) is 7.82. The van der Waals surface area contributed by atoms with Crippen LogP contribution in [0.2, 0.25) is 0 Å². The maximum absolute atomic E-state index is 11.8. The minimum absolute atomic E-state index is 0.461. The lowest BCUT2D eigenvalue weighted by Gasteiger charge is -2.16. The predicted octanol–water partition coefficient (Wildman–Crippen LogP) is 4.50. The SMILES string of the molecule is CCCOc1cccc(CC(C(=O)O)c2ccc(C)cc2C)c1. The molecular formula is C20H24O3. The van der Waals surface area contributed by atoms with E-state index in [0.29, 0.717) is 13.0 Å². The zero-order valence-corrected chi connectivity index (χ0v) is 14.0. The largest absolute Gasteiger partial charge is 0.494 e. The van der Waals surface area contributed by atoms with Crippen molar-refractivity contribution >= 4 is 5.97 Å². The number of hydrogen-bond donors (Lipinski definition) is 1. The maximum atomic E-state index is 11.8. The molecule has 1 N–H and O–H groups in total. The predicted molar refractivity (Wildman–Crippen MR) is 92.2 cm³/mol. The summed E-state index contributed by atoms with van der Waals surface area (Å²) in [6.07, 6.45) is 1.41. The molecule has 122 valence electrons. The summed E-state index contributed by atoms with van der Waals surface area (Å²) in [7, 11) is 0. The molecule has 0 aromatic heterocycles. The van der Waals surface area contributed by atoms with Gasteiger partial charge in [0.15, 0.2) is 0 Å². The lowest BCUT2D eigenvalue weighted by molar-refractivity contribution is -0.138. The van der Waals surface area contributed by atoms with Gasteiger partial charge < -0.3 is 9.84 Å². The number of rotatable bonds is 7. The average molecular weight is 312 g/mol. The first kappa shape index (κ1) is 17.1. The van der Waals surface area contributed by atoms with E-state index in [9.17, 15) is 9.90 Å². The Hall–Kier alpha value is -2.29. The van der Waals surface area contributed by atoms with E-state index >= 15 is 0 Å². The van der Waals surface area contributed by atoms with Crippen LogP contribution >= 0.6 is 0 Å². The van der Waals surface area contributed by atoms with Crippen LogP contribution in [0, 0.1) is 13.8 Å². The molecule has 2 aromatic carbocycles. The fourth-order valence-electron chi connectivity index (χ4n) is 2.76. The minimum atomic E-state index is -0.795. The number of carboxylic acid groups (broad SMARTS) is 1. The Balaban J connectivity index is 2.24. The highest BCUT2D eigenvalue weighted by Gasteiger charge is 2.22. The molecule has 0 amide bonds. The first-order valence-electron chi connectivity index (χ1n) is 8.03. The molecule has 0 saturated carbocycles. The van der Waals surface area contributed by atoms with Crippen molar-refractivity contribution in [3.63, 3.8) is 0 Å². The van der Waals surface area contributed by atoms with Crippen molar-refractivity contribution in [1.82, 2.24) is 0 Å². The van der Waals surface area contributed by atoms with Crippen molar-refractivity contribution in [3.05, 3.63) is 64.7 Å². The molecule has 0 fully saturated rings. The Morgan fingerprint density at radius 2 is 1.96 bits per heavy atom. The molecule has 0 bridgehead atoms. The molecule has 1 atom stereocenters. The van der Waals surface area contributed by atoms with E-state index in [-0.39, 0.29) is 0 Å². The van der Waals surface area contributed by atoms with E-state index in [4.69, 9.17) is 4.74 Å². The summed E-state index contributed by atoms with van der Waals surface area (Å²) < 4.78 is 5.64. The Morgan fingerprint density at radius 1 is 1.17 bits per heavy atom. The normalized spacial score (nSPS) is 12.0. The van der Waals surface area contributed by atoms with Gasteiger partial charge in [-0.15, -0.1) is 0 Å². The highest BCUT2D eigenvalue weighted by atomic mass is 16.5. The molecule has 0 radical (unpaired) electrons. The molecule has 0 spiro atoms. The van der Waals surface area contributed by atoms with Crippen molar-refractivity contribution in [1.29, 1.82) is 0 Å². The van der Waals surface area contributed by atoms with Gasteiger partial charge in [0, 0.05) is 0 Å². The van der Waals surface area contributed by atoms with Crippen LogP contribution < -0.4 is 4.74 Å². The topological polar surface area (TPSA) is 46.5 Å². The van der Waals surface area contributed by atoms with E-state index in [1.165, 1.54) is 0 Å². The van der Waals surface area contributed by atoms with Crippen LogP contribution in [0.5, 0.6) is 5.75 Å². The van der Waals surface area contributed by atoms with Gasteiger partial charge >= 0.3 is 5.97 Å². The third kappa shape index (κ3) is 4.59. The third-order valence-corrected chi connectivity index (χ3v) is 3.91. The van der Waals surface area contributed by atoms with Crippen molar-refractivity contribution < 1.29 is 14.6 Å². The number of aryl methyl sites for hydroxylation is 2. The number of hydrogen-bond acceptors (Lipinski definition) is 2. The second-order valence-corrected chi connectivity index (χ2v) is 5.95. The first-order chi connectivity index (χ1) is 11.0. The number of carbonyl (C=O) groups is 1. The number of aliphatic carboxylic acids is 1. The van der Waals surface area contributed by atoms with Gasteiger partial charge in [0.05, 0.1) is 12.5 Å². The number of carboxylic acids is 1. The Morgan fingerprint density at radius 3 is 2.61 bits per heavy atom. The lowest BCUT2D eigenvalue weighted by Crippen LogP contribution is -2.15. The maximum Gasteiger partial charge on any atom is 0.311 e. The molecule has 3 heteroatoms. The van der Waals surface area contributed by atoms with Gasteiger partial charge in [-0.2, -0.15) is 0 Å². The molecule has 0 saturated heterocycles. The van der Waals surface area contributed by atoms with Gasteiger partial charge in [0.2, 0.25) is 0 Å². The molecule has 0 aliphatic carbocycles. The zero-order chi connectivity index (χ0) is 16.8. The van der Waals surface area contributed by atoms with E-state index in [1.807, 2.05) is 56.3 Å². The van der Waals surface area contributed by atoms with Gasteiger partial charge in [-0.1, -0.05) is 42.8 Å². The summed E-state index contributed by atoms with van der Waals surface area (Å²) in [6.45, 7) is 6.72. The highest BCUT2D eigenvalue weighted by molar-refractivity contribution is 5.77. The lowest BCUT2D eigenvalue weighted by atomic mass is 9.88. The van der Waals surface area contributed by atoms with Crippen molar-refractivity contribution in [2.24, 2.45) is 0 Å². The summed E-state index contributed by atoms with van der Waals surface area (Å²) in [6, 6.07) is 13.7. The van der Waals surface area contributed by atoms with Crippen molar-refractivity contribution in [2.45, 2.75) is 39.5 Å². The molecule has 0 aliphatic heterocycles. The van der Waals surface area contributed by atoms with E-state index in [0.717, 1.165) is 34.4 Å². The van der Waals surface area contributed by atoms with Crippen LogP contribution in [0.4, 0.5) is 0 Å². The van der Waals surface area contributed by atoms with Gasteiger partial charge in [-0.25, -0.2) is 0 Å². The monoisotopic (exact) mass is 312 g/mol. The standard InChI is InChI=1S/C20H24O3/c1-4-10-23-17-7-5-6-16(12-17)13-19(20(21)22)18-9-8-14(2)11-15(18)3/h5-9,11-12,19H,4,10,13H2,1-3H3,(H,21,22). The number of benzene rings is 2. The van der Waals surface area contributed by atoms with Crippen molar-refractivity contribution in [3.8, 4) is 5.75 Å². The molecular weight excluding hydrogens is 288 g/mol. The summed E-state index contributed by atoms with van der Waals surface area (Å²) in [5.41, 5.74) is 4.02. The van der Waals surface area contributed by atoms with Crippen LogP contribution in [-0.2, 0) is 11.2 Å². The smallest absolute Gasteiger partial charge is 0.311 e. The van der Waals surface area contributed by atoms with Crippen LogP contribution in [0.25, 0.3) is 0 Å². The van der Waals surface area contributed by atoms with Crippen molar-refractivity contribution in [2.75, 3.05) is 6.61 Å². The Bertz CT molecular complexity index is 676. The molecule has 0 aliphatic rings. The van der Waals surface area contributed by atoms with Crippen LogP contribution in [-0.4, -0.2) is 17.7 Å². The molecule has 23 heavy (non-hydrogen) atoms. The van der Waals surface area contributed by atoms with Gasteiger partial charge in [0.1, 0.15) is 5.75 Å². The highest BCUT2D eigenvalue weighted by Crippen LogP contribution is 2.26. The molecule has 0 heterocycles. The summed E-state index contributed by atoms with van der Waals surface area (Å²) in [5.74, 6) is -0.539. The summed E-state index contributed by atoms with van der Waals surface area (Å²) in [5, 5.41) is 9.66. The summed E-state index contributed by atoms with van der Waals surface area (Å²) >= 11 is 0. The third-order valence-electron chi connectivity index (χ3n) is 3.91. The van der Waals surface area contributed by atoms with E-state index in [1.54, 1.807) is 0 Å². The van der Waals surface area contributed by atoms with Gasteiger partial charge in [-0.3, -0.25) is 4.79 Å². The molecule has 2 rings (SSSR count). The molecule has 1 unspecified atom stereocenters. The average Bonchev–Trinajstić information content (AvgIpc) is 2.51.